The summed E-state index contributed by atoms with van der Waals surface area (Å²) in [5.74, 6) is 0. The maximum atomic E-state index is 10.5. The van der Waals surface area contributed by atoms with E-state index < -0.39 is 0 Å². The molecular weight excluding hydrogens is 245 g/mol. The molecule has 0 atom stereocenters. The van der Waals surface area contributed by atoms with Gasteiger partial charge in [0.25, 0.3) is 0 Å². The molecule has 0 unspecified atom stereocenters. The third kappa shape index (κ3) is 30.0. The zero-order valence-electron chi connectivity index (χ0n) is 8.59. The number of hydrogen-bond acceptors (Lipinski definition) is 3. The number of allylic oxidation sites excluding steroid dienone is 1. The number of carbonyl (C=O) groups is 1. The Morgan fingerprint density at radius 3 is 2.43 bits per heavy atom. The molecule has 0 radical (unpaired) electrons. The van der Waals surface area contributed by atoms with Gasteiger partial charge in [0, 0.05) is 15.7 Å². The van der Waals surface area contributed by atoms with E-state index in [2.05, 4.69) is 51.8 Å². The Labute approximate surface area is 96.1 Å². The van der Waals surface area contributed by atoms with E-state index in [9.17, 15) is 4.79 Å². The van der Waals surface area contributed by atoms with Gasteiger partial charge in [0.05, 0.1) is 0 Å². The molecule has 0 saturated heterocycles. The van der Waals surface area contributed by atoms with E-state index in [4.69, 9.17) is 3.87 Å². The Kier molecular flexibility index (Phi) is 31.3. The van der Waals surface area contributed by atoms with Gasteiger partial charge in [-0.05, 0) is 6.61 Å². The zero-order chi connectivity index (χ0) is 11.8. The Morgan fingerprint density at radius 2 is 2.14 bits per heavy atom. The summed E-state index contributed by atoms with van der Waals surface area (Å²) in [4.78, 5) is 10.5. The van der Waals surface area contributed by atoms with Gasteiger partial charge in [0.15, 0.2) is 0 Å². The predicted molar refractivity (Wildman–Crippen MR) is 54.3 cm³/mol. The molecule has 0 rings (SSSR count). The molecule has 0 aliphatic rings. The van der Waals surface area contributed by atoms with Crippen molar-refractivity contribution in [1.82, 2.24) is 5.32 Å². The van der Waals surface area contributed by atoms with E-state index in [1.54, 1.807) is 6.92 Å². The van der Waals surface area contributed by atoms with Crippen molar-refractivity contribution >= 4 is 15.6 Å². The molecule has 0 heterocycles. The second-order valence-corrected chi connectivity index (χ2v) is 3.42. The zero-order valence-corrected chi connectivity index (χ0v) is 11.0. The fourth-order valence-electron chi connectivity index (χ4n) is 0.371. The van der Waals surface area contributed by atoms with Gasteiger partial charge in [0.1, 0.15) is 0 Å². The molecule has 0 aromatic rings. The SMILES string of the molecule is C=[C-]C.[CH2-]COC(=O)NC[SiH2]C.[O]=[Co]. The van der Waals surface area contributed by atoms with E-state index >= 15 is 0 Å². The first-order valence-corrected chi connectivity index (χ1v) is 6.84. The number of nitrogens with one attached hydrogen (secondary N) is 1. The van der Waals surface area contributed by atoms with Crippen molar-refractivity contribution in [2.24, 2.45) is 0 Å². The van der Waals surface area contributed by atoms with E-state index in [-0.39, 0.29) is 22.2 Å². The van der Waals surface area contributed by atoms with Crippen LogP contribution in [0, 0.1) is 13.0 Å². The molecule has 0 fully saturated rings. The van der Waals surface area contributed by atoms with Crippen molar-refractivity contribution in [3.63, 3.8) is 0 Å². The molecule has 0 aromatic carbocycles. The second kappa shape index (κ2) is 22.9. The molecule has 4 nitrogen and oxygen atoms in total. The molecule has 1 N–H and O–H groups in total. The van der Waals surface area contributed by atoms with Gasteiger partial charge in [-0.2, -0.15) is 6.92 Å². The van der Waals surface area contributed by atoms with Crippen LogP contribution in [-0.4, -0.2) is 28.4 Å². The molecule has 6 heteroatoms. The van der Waals surface area contributed by atoms with Gasteiger partial charge >= 0.3 is 25.6 Å². The summed E-state index contributed by atoms with van der Waals surface area (Å²) in [6, 6.07) is 0. The minimum absolute atomic E-state index is 0.0781. The fourth-order valence-corrected chi connectivity index (χ4v) is 0.825. The number of hydrogen-bond donors (Lipinski definition) is 1. The summed E-state index contributed by atoms with van der Waals surface area (Å²) in [5.41, 5.74) is 0. The number of ether oxygens (including phenoxy) is 1. The van der Waals surface area contributed by atoms with Crippen LogP contribution in [0.1, 0.15) is 6.92 Å². The van der Waals surface area contributed by atoms with Crippen molar-refractivity contribution in [3.8, 4) is 0 Å². The van der Waals surface area contributed by atoms with E-state index in [0.717, 1.165) is 6.17 Å². The van der Waals surface area contributed by atoms with Crippen molar-refractivity contribution < 1.29 is 29.1 Å². The van der Waals surface area contributed by atoms with Crippen LogP contribution in [0.2, 0.25) is 6.55 Å². The Bertz CT molecular complexity index is 136. The fraction of sp³-hybridized carbons (Fsp3) is 0.500. The normalized spacial score (nSPS) is 7.71. The summed E-state index contributed by atoms with van der Waals surface area (Å²) in [5, 5.41) is 2.59. The minimum atomic E-state index is -0.348. The summed E-state index contributed by atoms with van der Waals surface area (Å²) in [6.07, 6.45) is 2.96. The molecule has 0 saturated carbocycles. The third-order valence-corrected chi connectivity index (χ3v) is 1.50. The summed E-state index contributed by atoms with van der Waals surface area (Å²) >= 11 is 2.31. The molecular formula is C8H17CoNO3Si-2. The van der Waals surface area contributed by atoms with Crippen LogP contribution in [0.4, 0.5) is 4.79 Å². The molecule has 14 heavy (non-hydrogen) atoms. The third-order valence-electron chi connectivity index (χ3n) is 0.752. The van der Waals surface area contributed by atoms with Gasteiger partial charge in [-0.1, -0.05) is 6.55 Å². The molecule has 0 aliphatic heterocycles. The van der Waals surface area contributed by atoms with Gasteiger partial charge in [-0.15, -0.1) is 0 Å². The number of amides is 1. The average molecular weight is 262 g/mol. The van der Waals surface area contributed by atoms with E-state index in [1.165, 1.54) is 0 Å². The van der Waals surface area contributed by atoms with Crippen LogP contribution in [0.15, 0.2) is 6.58 Å². The van der Waals surface area contributed by atoms with Crippen LogP contribution in [0.5, 0.6) is 0 Å². The van der Waals surface area contributed by atoms with Crippen molar-refractivity contribution in [2.45, 2.75) is 13.5 Å². The Hall–Kier alpha value is -0.467. The van der Waals surface area contributed by atoms with Gasteiger partial charge in [-0.25, -0.2) is 4.79 Å². The van der Waals surface area contributed by atoms with Crippen LogP contribution in [-0.2, 0) is 24.3 Å². The monoisotopic (exact) mass is 262 g/mol. The molecule has 1 amide bonds. The summed E-state index contributed by atoms with van der Waals surface area (Å²) in [6.45, 7) is 10.7. The molecule has 0 bridgehead atoms. The molecule has 87 valence electrons. The van der Waals surface area contributed by atoms with Crippen LogP contribution >= 0.6 is 0 Å². The standard InChI is InChI=1S/C5H12NO2Si.C3H5.Co.O/c1-3-8-5(7)6-4-9-2;1-3-2;;/h1,3-4,9H2,2H3,(H,6,7);1H2,2H3;;/q2*-1;;. The Balaban J connectivity index is -0.000000205. The van der Waals surface area contributed by atoms with Crippen molar-refractivity contribution in [2.75, 3.05) is 12.8 Å². The predicted octanol–water partition coefficient (Wildman–Crippen LogP) is 0.595. The Morgan fingerprint density at radius 1 is 1.71 bits per heavy atom. The topological polar surface area (TPSA) is 55.4 Å². The maximum absolute atomic E-state index is 10.5. The van der Waals surface area contributed by atoms with Crippen LogP contribution in [0.3, 0.4) is 0 Å². The first kappa shape index (κ1) is 19.2. The second-order valence-electron chi connectivity index (χ2n) is 1.92. The summed E-state index contributed by atoms with van der Waals surface area (Å²) < 4.78 is 12.4. The molecule has 0 aromatic heterocycles. The van der Waals surface area contributed by atoms with Crippen LogP contribution < -0.4 is 5.32 Å². The number of alkyl carbamates (subject to hydrolysis) is 1. The van der Waals surface area contributed by atoms with Gasteiger partial charge in [-0.3, -0.25) is 6.58 Å². The molecule has 0 spiro atoms. The molecule has 0 aliphatic carbocycles. The average Bonchev–Trinajstić information content (AvgIpc) is 2.20. The van der Waals surface area contributed by atoms with E-state index in [1.807, 2.05) is 0 Å². The number of carbonyl (C=O) groups excluding carboxylic acids is 1. The first-order valence-electron chi connectivity index (χ1n) is 4.00. The summed E-state index contributed by atoms with van der Waals surface area (Å²) in [7, 11) is -0.0781. The van der Waals surface area contributed by atoms with Gasteiger partial charge in [0.2, 0.25) is 0 Å². The van der Waals surface area contributed by atoms with Crippen molar-refractivity contribution in [3.05, 3.63) is 19.6 Å². The number of rotatable bonds is 3. The van der Waals surface area contributed by atoms with Gasteiger partial charge < -0.3 is 23.1 Å². The quantitative estimate of drug-likeness (QED) is 0.598. The van der Waals surface area contributed by atoms with Crippen LogP contribution in [0.25, 0.3) is 0 Å². The van der Waals surface area contributed by atoms with E-state index in [0.29, 0.717) is 0 Å². The van der Waals surface area contributed by atoms with Crippen molar-refractivity contribution in [1.29, 1.82) is 0 Å². The first-order chi connectivity index (χ1) is 6.72.